The minimum atomic E-state index is -3.20. The molecule has 2 aliphatic heterocycles. The Morgan fingerprint density at radius 1 is 0.963 bits per heavy atom. The highest BCUT2D eigenvalue weighted by atomic mass is 32.2. The lowest BCUT2D eigenvalue weighted by molar-refractivity contribution is -0.123. The molecular weight excluding hydrogens is 367 g/mol. The van der Waals surface area contributed by atoms with E-state index in [-0.39, 0.29) is 41.9 Å². The monoisotopic (exact) mass is 388 g/mol. The number of anilines is 1. The summed E-state index contributed by atoms with van der Waals surface area (Å²) in [5.74, 6) is -0.311. The summed E-state index contributed by atoms with van der Waals surface area (Å²) in [6, 6.07) is 14.9. The van der Waals surface area contributed by atoms with Crippen molar-refractivity contribution in [1.29, 1.82) is 0 Å². The summed E-state index contributed by atoms with van der Waals surface area (Å²) in [4.78, 5) is 16.5. The summed E-state index contributed by atoms with van der Waals surface area (Å²) in [7, 11) is -3.20. The SMILES string of the molecule is O=C1CN(CCc2ccc(F)cc2)[C@@H]2CS(=O)(=O)C[C@H]2N1c1ccccc1. The van der Waals surface area contributed by atoms with E-state index in [9.17, 15) is 17.6 Å². The lowest BCUT2D eigenvalue weighted by Crippen LogP contribution is -2.62. The van der Waals surface area contributed by atoms with Gasteiger partial charge in [-0.3, -0.25) is 9.69 Å². The number of amides is 1. The number of benzene rings is 2. The molecule has 2 fully saturated rings. The van der Waals surface area contributed by atoms with Crippen LogP contribution in [0.3, 0.4) is 0 Å². The van der Waals surface area contributed by atoms with E-state index in [1.165, 1.54) is 12.1 Å². The molecule has 0 aliphatic carbocycles. The number of hydrogen-bond donors (Lipinski definition) is 0. The second kappa shape index (κ2) is 7.05. The largest absolute Gasteiger partial charge is 0.306 e. The van der Waals surface area contributed by atoms with E-state index in [4.69, 9.17) is 0 Å². The number of para-hydroxylation sites is 1. The van der Waals surface area contributed by atoms with Crippen LogP contribution in [0.1, 0.15) is 5.56 Å². The first-order valence-electron chi connectivity index (χ1n) is 8.99. The van der Waals surface area contributed by atoms with Crippen molar-refractivity contribution in [1.82, 2.24) is 4.90 Å². The molecule has 2 atom stereocenters. The number of hydrogen-bond acceptors (Lipinski definition) is 4. The summed E-state index contributed by atoms with van der Waals surface area (Å²) in [5.41, 5.74) is 1.71. The first-order chi connectivity index (χ1) is 12.9. The van der Waals surface area contributed by atoms with E-state index in [1.54, 1.807) is 17.0 Å². The number of halogens is 1. The zero-order chi connectivity index (χ0) is 19.0. The van der Waals surface area contributed by atoms with E-state index in [2.05, 4.69) is 0 Å². The van der Waals surface area contributed by atoms with Crippen LogP contribution < -0.4 is 4.90 Å². The molecule has 0 radical (unpaired) electrons. The molecular formula is C20H21FN2O3S. The number of fused-ring (bicyclic) bond motifs is 1. The maximum Gasteiger partial charge on any atom is 0.241 e. The van der Waals surface area contributed by atoms with E-state index in [0.717, 1.165) is 11.3 Å². The first-order valence-corrected chi connectivity index (χ1v) is 10.8. The summed E-state index contributed by atoms with van der Waals surface area (Å²) in [6.45, 7) is 0.753. The molecule has 0 bridgehead atoms. The third kappa shape index (κ3) is 3.75. The van der Waals surface area contributed by atoms with Gasteiger partial charge < -0.3 is 4.90 Å². The highest BCUT2D eigenvalue weighted by Crippen LogP contribution is 2.31. The summed E-state index contributed by atoms with van der Waals surface area (Å²) >= 11 is 0. The van der Waals surface area contributed by atoms with Crippen LogP contribution in [-0.4, -0.2) is 55.9 Å². The molecule has 0 spiro atoms. The van der Waals surface area contributed by atoms with Crippen LogP contribution in [0.15, 0.2) is 54.6 Å². The normalized spacial score (nSPS) is 24.8. The van der Waals surface area contributed by atoms with Crippen LogP contribution in [0.2, 0.25) is 0 Å². The molecule has 2 saturated heterocycles. The number of rotatable bonds is 4. The van der Waals surface area contributed by atoms with Gasteiger partial charge in [0.15, 0.2) is 9.84 Å². The van der Waals surface area contributed by atoms with E-state index in [0.29, 0.717) is 13.0 Å². The predicted molar refractivity (Wildman–Crippen MR) is 102 cm³/mol. The Hall–Kier alpha value is -2.25. The number of piperazine rings is 1. The molecule has 2 aliphatic rings. The smallest absolute Gasteiger partial charge is 0.241 e. The average Bonchev–Trinajstić information content (AvgIpc) is 2.96. The molecule has 7 heteroatoms. The van der Waals surface area contributed by atoms with Crippen molar-refractivity contribution >= 4 is 21.4 Å². The molecule has 142 valence electrons. The number of carbonyl (C=O) groups is 1. The molecule has 0 saturated carbocycles. The second-order valence-electron chi connectivity index (χ2n) is 7.16. The quantitative estimate of drug-likeness (QED) is 0.803. The third-order valence-electron chi connectivity index (χ3n) is 5.34. The lowest BCUT2D eigenvalue weighted by Gasteiger charge is -2.43. The highest BCUT2D eigenvalue weighted by molar-refractivity contribution is 7.91. The van der Waals surface area contributed by atoms with Gasteiger partial charge in [-0.1, -0.05) is 30.3 Å². The van der Waals surface area contributed by atoms with Gasteiger partial charge >= 0.3 is 0 Å². The van der Waals surface area contributed by atoms with Crippen molar-refractivity contribution in [3.05, 3.63) is 66.0 Å². The van der Waals surface area contributed by atoms with Crippen LogP contribution >= 0.6 is 0 Å². The molecule has 0 aromatic heterocycles. The van der Waals surface area contributed by atoms with Crippen LogP contribution in [0.4, 0.5) is 10.1 Å². The Labute approximate surface area is 158 Å². The van der Waals surface area contributed by atoms with Crippen molar-refractivity contribution in [2.75, 3.05) is 29.5 Å². The topological polar surface area (TPSA) is 57.7 Å². The zero-order valence-electron chi connectivity index (χ0n) is 14.8. The third-order valence-corrected chi connectivity index (χ3v) is 7.04. The van der Waals surface area contributed by atoms with Crippen molar-refractivity contribution in [2.24, 2.45) is 0 Å². The van der Waals surface area contributed by atoms with Crippen LogP contribution in [0.5, 0.6) is 0 Å². The Morgan fingerprint density at radius 2 is 1.63 bits per heavy atom. The van der Waals surface area contributed by atoms with Gasteiger partial charge in [0.05, 0.1) is 24.1 Å². The number of sulfone groups is 1. The molecule has 0 unspecified atom stereocenters. The molecule has 0 N–H and O–H groups in total. The van der Waals surface area contributed by atoms with Gasteiger partial charge in [-0.05, 0) is 36.2 Å². The predicted octanol–water partition coefficient (Wildman–Crippen LogP) is 1.88. The van der Waals surface area contributed by atoms with E-state index < -0.39 is 9.84 Å². The van der Waals surface area contributed by atoms with Gasteiger partial charge in [0.25, 0.3) is 0 Å². The molecule has 5 nitrogen and oxygen atoms in total. The Bertz CT molecular complexity index is 931. The summed E-state index contributed by atoms with van der Waals surface area (Å²) in [6.07, 6.45) is 0.641. The minimum absolute atomic E-state index is 0.00858. The maximum atomic E-state index is 13.1. The Morgan fingerprint density at radius 3 is 2.33 bits per heavy atom. The molecule has 1 amide bonds. The Balaban J connectivity index is 1.57. The summed E-state index contributed by atoms with van der Waals surface area (Å²) in [5, 5.41) is 0. The van der Waals surface area contributed by atoms with Gasteiger partial charge in [0.1, 0.15) is 5.82 Å². The van der Waals surface area contributed by atoms with Gasteiger partial charge in [-0.2, -0.15) is 0 Å². The fourth-order valence-electron chi connectivity index (χ4n) is 4.05. The van der Waals surface area contributed by atoms with Crippen LogP contribution in [0, 0.1) is 5.82 Å². The maximum absolute atomic E-state index is 13.1. The lowest BCUT2D eigenvalue weighted by atomic mass is 10.0. The van der Waals surface area contributed by atoms with E-state index in [1.807, 2.05) is 35.2 Å². The number of carbonyl (C=O) groups excluding carboxylic acids is 1. The highest BCUT2D eigenvalue weighted by Gasteiger charge is 2.49. The standard InChI is InChI=1S/C20H21FN2O3S/c21-16-8-6-15(7-9-16)10-11-22-12-20(24)23(17-4-2-1-3-5-17)19-14-27(25,26)13-18(19)22/h1-9,18-19H,10-14H2/t18-,19-/m1/s1. The fraction of sp³-hybridized carbons (Fsp3) is 0.350. The van der Waals surface area contributed by atoms with Crippen LogP contribution in [-0.2, 0) is 21.1 Å². The second-order valence-corrected chi connectivity index (χ2v) is 9.31. The molecule has 27 heavy (non-hydrogen) atoms. The van der Waals surface area contributed by atoms with Crippen molar-refractivity contribution in [3.63, 3.8) is 0 Å². The first kappa shape index (κ1) is 18.1. The van der Waals surface area contributed by atoms with Gasteiger partial charge in [0.2, 0.25) is 5.91 Å². The van der Waals surface area contributed by atoms with Gasteiger partial charge in [-0.25, -0.2) is 12.8 Å². The number of nitrogens with zero attached hydrogens (tertiary/aromatic N) is 2. The minimum Gasteiger partial charge on any atom is -0.306 e. The van der Waals surface area contributed by atoms with Crippen molar-refractivity contribution < 1.29 is 17.6 Å². The van der Waals surface area contributed by atoms with Crippen molar-refractivity contribution in [2.45, 2.75) is 18.5 Å². The average molecular weight is 388 g/mol. The summed E-state index contributed by atoms with van der Waals surface area (Å²) < 4.78 is 37.7. The van der Waals surface area contributed by atoms with Gasteiger partial charge in [0, 0.05) is 18.3 Å². The fourth-order valence-corrected chi connectivity index (χ4v) is 6.03. The molecule has 2 heterocycles. The van der Waals surface area contributed by atoms with Gasteiger partial charge in [-0.15, -0.1) is 0 Å². The molecule has 2 aromatic rings. The molecule has 4 rings (SSSR count). The Kier molecular flexibility index (Phi) is 4.74. The van der Waals surface area contributed by atoms with Crippen molar-refractivity contribution in [3.8, 4) is 0 Å². The van der Waals surface area contributed by atoms with E-state index >= 15 is 0 Å². The zero-order valence-corrected chi connectivity index (χ0v) is 15.6. The molecule has 2 aromatic carbocycles. The van der Waals surface area contributed by atoms with Crippen LogP contribution in [0.25, 0.3) is 0 Å².